The van der Waals surface area contributed by atoms with E-state index in [1.54, 1.807) is 0 Å². The minimum absolute atomic E-state index is 0.0938. The first kappa shape index (κ1) is 8.38. The maximum absolute atomic E-state index is 12.2. The molecule has 0 amide bonds. The summed E-state index contributed by atoms with van der Waals surface area (Å²) in [6.07, 6.45) is 0.0938. The zero-order chi connectivity index (χ0) is 8.82. The van der Waals surface area contributed by atoms with Gasteiger partial charge in [-0.05, 0) is 12.2 Å². The SMILES string of the molecule is F[B-](F)(F)C1COC2(COC2)C1. The fourth-order valence-electron chi connectivity index (χ4n) is 1.65. The van der Waals surface area contributed by atoms with Crippen LogP contribution in [-0.4, -0.2) is 32.4 Å². The molecule has 0 aromatic rings. The molecule has 2 aliphatic heterocycles. The molecule has 1 spiro atoms. The Morgan fingerprint density at radius 3 is 2.17 bits per heavy atom. The molecule has 70 valence electrons. The zero-order valence-corrected chi connectivity index (χ0v) is 6.43. The quantitative estimate of drug-likeness (QED) is 0.569. The van der Waals surface area contributed by atoms with Crippen molar-refractivity contribution in [3.8, 4) is 0 Å². The topological polar surface area (TPSA) is 18.5 Å². The van der Waals surface area contributed by atoms with Crippen molar-refractivity contribution in [2.24, 2.45) is 0 Å². The lowest BCUT2D eigenvalue weighted by Gasteiger charge is -2.37. The van der Waals surface area contributed by atoms with Crippen LogP contribution in [0.1, 0.15) is 6.42 Å². The highest BCUT2D eigenvalue weighted by atomic mass is 19.4. The average Bonchev–Trinajstić information content (AvgIpc) is 2.26. The van der Waals surface area contributed by atoms with Crippen LogP contribution in [0.25, 0.3) is 0 Å². The van der Waals surface area contributed by atoms with Gasteiger partial charge in [0.05, 0.1) is 13.2 Å². The molecule has 2 saturated heterocycles. The van der Waals surface area contributed by atoms with E-state index in [1.807, 2.05) is 0 Å². The summed E-state index contributed by atoms with van der Waals surface area (Å²) in [7, 11) is 0. The van der Waals surface area contributed by atoms with Gasteiger partial charge in [0, 0.05) is 6.61 Å². The molecule has 2 aliphatic rings. The van der Waals surface area contributed by atoms with E-state index in [9.17, 15) is 12.9 Å². The monoisotopic (exact) mass is 181 g/mol. The molecule has 2 rings (SSSR count). The van der Waals surface area contributed by atoms with Gasteiger partial charge in [0.25, 0.3) is 0 Å². The van der Waals surface area contributed by atoms with Crippen molar-refractivity contribution in [2.75, 3.05) is 19.8 Å². The minimum Gasteiger partial charge on any atom is -0.449 e. The highest BCUT2D eigenvalue weighted by molar-refractivity contribution is 6.60. The summed E-state index contributed by atoms with van der Waals surface area (Å²) in [6, 6.07) is 0. The first-order chi connectivity index (χ1) is 5.52. The second kappa shape index (κ2) is 2.39. The number of ether oxygens (including phenoxy) is 2. The Morgan fingerprint density at radius 1 is 1.25 bits per heavy atom. The van der Waals surface area contributed by atoms with Gasteiger partial charge in [-0.1, -0.05) is 0 Å². The lowest BCUT2D eigenvalue weighted by Crippen LogP contribution is -2.49. The van der Waals surface area contributed by atoms with E-state index in [-0.39, 0.29) is 13.0 Å². The molecule has 0 N–H and O–H groups in total. The number of rotatable bonds is 1. The van der Waals surface area contributed by atoms with Gasteiger partial charge in [0.1, 0.15) is 5.60 Å². The molecule has 0 bridgehead atoms. The van der Waals surface area contributed by atoms with Gasteiger partial charge < -0.3 is 22.4 Å². The first-order valence-corrected chi connectivity index (χ1v) is 3.94. The maximum atomic E-state index is 12.2. The minimum atomic E-state index is -4.73. The van der Waals surface area contributed by atoms with Crippen molar-refractivity contribution < 1.29 is 22.4 Å². The predicted molar refractivity (Wildman–Crippen MR) is 36.9 cm³/mol. The van der Waals surface area contributed by atoms with Crippen molar-refractivity contribution in [3.05, 3.63) is 0 Å². The molecule has 12 heavy (non-hydrogen) atoms. The summed E-state index contributed by atoms with van der Waals surface area (Å²) in [6.45, 7) is -4.24. The highest BCUT2D eigenvalue weighted by Gasteiger charge is 2.51. The van der Waals surface area contributed by atoms with Crippen LogP contribution < -0.4 is 0 Å². The fraction of sp³-hybridized carbons (Fsp3) is 1.00. The van der Waals surface area contributed by atoms with Crippen LogP contribution in [0.5, 0.6) is 0 Å². The Hall–Kier alpha value is -0.225. The molecular formula is C6H9BF3O2-. The smallest absolute Gasteiger partial charge is 0.449 e. The van der Waals surface area contributed by atoms with Gasteiger partial charge in [-0.2, -0.15) is 0 Å². The average molecular weight is 181 g/mol. The number of hydrogen-bond donors (Lipinski definition) is 0. The van der Waals surface area contributed by atoms with Gasteiger partial charge in [-0.25, -0.2) is 0 Å². The predicted octanol–water partition coefficient (Wildman–Crippen LogP) is 1.39. The summed E-state index contributed by atoms with van der Waals surface area (Å²) in [4.78, 5) is 0. The highest BCUT2D eigenvalue weighted by Crippen LogP contribution is 2.44. The Kier molecular flexibility index (Phi) is 1.67. The third-order valence-corrected chi connectivity index (χ3v) is 2.50. The zero-order valence-electron chi connectivity index (χ0n) is 6.43. The fourth-order valence-corrected chi connectivity index (χ4v) is 1.65. The summed E-state index contributed by atoms with van der Waals surface area (Å²) in [5.74, 6) is -1.23. The molecule has 2 fully saturated rings. The van der Waals surface area contributed by atoms with Crippen LogP contribution in [0, 0.1) is 0 Å². The van der Waals surface area contributed by atoms with Crippen molar-refractivity contribution in [1.29, 1.82) is 0 Å². The van der Waals surface area contributed by atoms with Gasteiger partial charge in [-0.15, -0.1) is 0 Å². The van der Waals surface area contributed by atoms with Crippen LogP contribution >= 0.6 is 0 Å². The van der Waals surface area contributed by atoms with E-state index in [0.717, 1.165) is 0 Å². The van der Waals surface area contributed by atoms with Gasteiger partial charge in [0.2, 0.25) is 0 Å². The molecule has 0 aromatic carbocycles. The maximum Gasteiger partial charge on any atom is 0.483 e. The third-order valence-electron chi connectivity index (χ3n) is 2.50. The molecular weight excluding hydrogens is 172 g/mol. The molecule has 2 heterocycles. The van der Waals surface area contributed by atoms with Crippen molar-refractivity contribution in [3.63, 3.8) is 0 Å². The molecule has 0 aromatic heterocycles. The van der Waals surface area contributed by atoms with Crippen LogP contribution in [0.3, 0.4) is 0 Å². The van der Waals surface area contributed by atoms with E-state index in [0.29, 0.717) is 13.2 Å². The first-order valence-electron chi connectivity index (χ1n) is 3.94. The molecule has 0 radical (unpaired) electrons. The van der Waals surface area contributed by atoms with Crippen LogP contribution in [0.2, 0.25) is 5.82 Å². The van der Waals surface area contributed by atoms with Crippen molar-refractivity contribution in [2.45, 2.75) is 17.8 Å². The van der Waals surface area contributed by atoms with E-state index in [1.165, 1.54) is 0 Å². The van der Waals surface area contributed by atoms with E-state index in [4.69, 9.17) is 9.47 Å². The molecule has 1 unspecified atom stereocenters. The molecule has 2 nitrogen and oxygen atoms in total. The Bertz CT molecular complexity index is 190. The Labute approximate surface area is 68.1 Å². The largest absolute Gasteiger partial charge is 0.483 e. The summed E-state index contributed by atoms with van der Waals surface area (Å²) < 4.78 is 46.5. The number of halogens is 3. The lowest BCUT2D eigenvalue weighted by molar-refractivity contribution is -0.184. The van der Waals surface area contributed by atoms with Gasteiger partial charge >= 0.3 is 6.98 Å². The van der Waals surface area contributed by atoms with Crippen molar-refractivity contribution >= 4 is 6.98 Å². The van der Waals surface area contributed by atoms with E-state index in [2.05, 4.69) is 0 Å². The van der Waals surface area contributed by atoms with Crippen LogP contribution in [-0.2, 0) is 9.47 Å². The van der Waals surface area contributed by atoms with Crippen LogP contribution in [0.15, 0.2) is 0 Å². The molecule has 1 atom stereocenters. The van der Waals surface area contributed by atoms with Gasteiger partial charge in [-0.3, -0.25) is 0 Å². The van der Waals surface area contributed by atoms with E-state index >= 15 is 0 Å². The normalized spacial score (nSPS) is 33.8. The number of hydrogen-bond acceptors (Lipinski definition) is 2. The van der Waals surface area contributed by atoms with Crippen LogP contribution in [0.4, 0.5) is 12.9 Å². The summed E-state index contributed by atoms with van der Waals surface area (Å²) >= 11 is 0. The third kappa shape index (κ3) is 1.23. The van der Waals surface area contributed by atoms with Crippen molar-refractivity contribution in [1.82, 2.24) is 0 Å². The standard InChI is InChI=1S/C6H9BF3O2/c8-7(9,10)5-1-6(12-2-5)3-11-4-6/h5H,1-4H2/q-1. The lowest BCUT2D eigenvalue weighted by atomic mass is 9.69. The summed E-state index contributed by atoms with van der Waals surface area (Å²) in [5, 5.41) is 0. The Morgan fingerprint density at radius 2 is 1.92 bits per heavy atom. The second-order valence-corrected chi connectivity index (χ2v) is 3.58. The summed E-state index contributed by atoms with van der Waals surface area (Å²) in [5.41, 5.74) is -0.581. The Balaban J connectivity index is 1.98. The molecule has 0 saturated carbocycles. The van der Waals surface area contributed by atoms with E-state index < -0.39 is 18.4 Å². The molecule has 0 aliphatic carbocycles. The molecule has 6 heteroatoms. The second-order valence-electron chi connectivity index (χ2n) is 3.58. The van der Waals surface area contributed by atoms with Gasteiger partial charge in [0.15, 0.2) is 0 Å².